The lowest BCUT2D eigenvalue weighted by atomic mass is 9.60. The first-order valence-corrected chi connectivity index (χ1v) is 6.82. The third-order valence-electron chi connectivity index (χ3n) is 4.92. The van der Waals surface area contributed by atoms with Crippen LogP contribution in [0.2, 0.25) is 0 Å². The Kier molecular flexibility index (Phi) is 3.33. The predicted octanol–water partition coefficient (Wildman–Crippen LogP) is 3.71. The minimum atomic E-state index is -0.271. The third kappa shape index (κ3) is 2.27. The molecule has 2 aliphatic rings. The Morgan fingerprint density at radius 3 is 2.71 bits per heavy atom. The largest absolute Gasteiger partial charge is 0.455 e. The van der Waals surface area contributed by atoms with E-state index in [1.807, 2.05) is 0 Å². The summed E-state index contributed by atoms with van der Waals surface area (Å²) in [5.74, 6) is 1.66. The SMILES string of the molecule is C=C(C)C(=O)OC1(C)C(C)CC2CCCC1C2. The molecule has 2 saturated carbocycles. The number of ether oxygens (including phenoxy) is 1. The minimum Gasteiger partial charge on any atom is -0.455 e. The molecule has 0 radical (unpaired) electrons. The normalized spacial score (nSPS) is 40.8. The van der Waals surface area contributed by atoms with Gasteiger partial charge < -0.3 is 4.74 Å². The highest BCUT2D eigenvalue weighted by atomic mass is 16.6. The number of fused-ring (bicyclic) bond motifs is 2. The summed E-state index contributed by atoms with van der Waals surface area (Å²) in [6.07, 6.45) is 6.31. The topological polar surface area (TPSA) is 26.3 Å². The molecule has 0 N–H and O–H groups in total. The second-order valence-corrected chi connectivity index (χ2v) is 6.22. The minimum absolute atomic E-state index is 0.219. The van der Waals surface area contributed by atoms with Gasteiger partial charge in [0, 0.05) is 5.57 Å². The lowest BCUT2D eigenvalue weighted by molar-refractivity contribution is -0.178. The molecule has 2 bridgehead atoms. The fourth-order valence-corrected chi connectivity index (χ4v) is 3.63. The Bertz CT molecular complexity index is 332. The maximum atomic E-state index is 11.8. The average Bonchev–Trinajstić information content (AvgIpc) is 2.27. The van der Waals surface area contributed by atoms with Crippen LogP contribution in [-0.2, 0) is 9.53 Å². The summed E-state index contributed by atoms with van der Waals surface area (Å²) in [5, 5.41) is 0. The second-order valence-electron chi connectivity index (χ2n) is 6.22. The van der Waals surface area contributed by atoms with E-state index >= 15 is 0 Å². The Morgan fingerprint density at radius 2 is 2.06 bits per heavy atom. The van der Waals surface area contributed by atoms with Crippen molar-refractivity contribution in [3.05, 3.63) is 12.2 Å². The van der Waals surface area contributed by atoms with Gasteiger partial charge in [0.2, 0.25) is 0 Å². The van der Waals surface area contributed by atoms with Crippen LogP contribution in [-0.4, -0.2) is 11.6 Å². The summed E-state index contributed by atoms with van der Waals surface area (Å²) in [7, 11) is 0. The predicted molar refractivity (Wildman–Crippen MR) is 68.5 cm³/mol. The molecule has 17 heavy (non-hydrogen) atoms. The molecule has 96 valence electrons. The first-order valence-electron chi connectivity index (χ1n) is 6.82. The number of esters is 1. The number of carbonyl (C=O) groups is 1. The summed E-state index contributed by atoms with van der Waals surface area (Å²) in [5.41, 5.74) is 0.240. The molecular formula is C15H24O2. The van der Waals surface area contributed by atoms with Crippen LogP contribution in [0.4, 0.5) is 0 Å². The van der Waals surface area contributed by atoms with Gasteiger partial charge in [-0.2, -0.15) is 0 Å². The molecule has 2 aliphatic carbocycles. The highest BCUT2D eigenvalue weighted by Crippen LogP contribution is 2.50. The first-order chi connectivity index (χ1) is 7.93. The molecule has 0 amide bonds. The van der Waals surface area contributed by atoms with E-state index in [1.54, 1.807) is 6.92 Å². The van der Waals surface area contributed by atoms with E-state index in [4.69, 9.17) is 4.74 Å². The van der Waals surface area contributed by atoms with Gasteiger partial charge in [0.25, 0.3) is 0 Å². The van der Waals surface area contributed by atoms with Gasteiger partial charge in [-0.3, -0.25) is 0 Å². The molecule has 0 spiro atoms. The highest BCUT2D eigenvalue weighted by molar-refractivity contribution is 5.87. The van der Waals surface area contributed by atoms with Gasteiger partial charge in [0.1, 0.15) is 5.60 Å². The molecule has 0 heterocycles. The third-order valence-corrected chi connectivity index (χ3v) is 4.92. The van der Waals surface area contributed by atoms with Crippen LogP contribution >= 0.6 is 0 Å². The number of hydrogen-bond acceptors (Lipinski definition) is 2. The van der Waals surface area contributed by atoms with Crippen molar-refractivity contribution in [3.8, 4) is 0 Å². The average molecular weight is 236 g/mol. The molecule has 2 fully saturated rings. The summed E-state index contributed by atoms with van der Waals surface area (Å²) < 4.78 is 5.80. The zero-order valence-electron chi connectivity index (χ0n) is 11.3. The van der Waals surface area contributed by atoms with Crippen LogP contribution in [0.1, 0.15) is 52.9 Å². The Labute approximate surface area is 104 Å². The molecule has 2 heteroatoms. The quantitative estimate of drug-likeness (QED) is 0.539. The van der Waals surface area contributed by atoms with Crippen molar-refractivity contribution in [1.29, 1.82) is 0 Å². The van der Waals surface area contributed by atoms with Crippen LogP contribution in [0.15, 0.2) is 12.2 Å². The molecule has 0 aliphatic heterocycles. The van der Waals surface area contributed by atoms with Gasteiger partial charge in [-0.05, 0) is 50.9 Å². The molecule has 0 aromatic heterocycles. The smallest absolute Gasteiger partial charge is 0.333 e. The fourth-order valence-electron chi connectivity index (χ4n) is 3.63. The van der Waals surface area contributed by atoms with E-state index in [0.29, 0.717) is 17.4 Å². The van der Waals surface area contributed by atoms with Crippen LogP contribution in [0.5, 0.6) is 0 Å². The Hall–Kier alpha value is -0.790. The van der Waals surface area contributed by atoms with Gasteiger partial charge in [-0.1, -0.05) is 26.3 Å². The maximum absolute atomic E-state index is 11.8. The Balaban J connectivity index is 2.15. The van der Waals surface area contributed by atoms with Crippen LogP contribution in [0.3, 0.4) is 0 Å². The molecule has 0 aromatic rings. The zero-order valence-corrected chi connectivity index (χ0v) is 11.3. The first kappa shape index (κ1) is 12.7. The lowest BCUT2D eigenvalue weighted by Crippen LogP contribution is -2.51. The van der Waals surface area contributed by atoms with E-state index in [-0.39, 0.29) is 11.6 Å². The van der Waals surface area contributed by atoms with Crippen molar-refractivity contribution in [3.63, 3.8) is 0 Å². The molecule has 4 atom stereocenters. The van der Waals surface area contributed by atoms with E-state index < -0.39 is 0 Å². The molecule has 2 nitrogen and oxygen atoms in total. The Morgan fingerprint density at radius 1 is 1.35 bits per heavy atom. The molecule has 0 aromatic carbocycles. The van der Waals surface area contributed by atoms with Gasteiger partial charge in [-0.25, -0.2) is 4.79 Å². The van der Waals surface area contributed by atoms with Gasteiger partial charge in [0.15, 0.2) is 0 Å². The molecule has 0 saturated heterocycles. The number of hydrogen-bond donors (Lipinski definition) is 0. The van der Waals surface area contributed by atoms with Crippen LogP contribution in [0.25, 0.3) is 0 Å². The maximum Gasteiger partial charge on any atom is 0.333 e. The van der Waals surface area contributed by atoms with Crippen molar-refractivity contribution in [1.82, 2.24) is 0 Å². The number of carbonyl (C=O) groups excluding carboxylic acids is 1. The molecule has 4 unspecified atom stereocenters. The summed E-state index contributed by atoms with van der Waals surface area (Å²) in [6, 6.07) is 0. The van der Waals surface area contributed by atoms with E-state index in [0.717, 1.165) is 5.92 Å². The van der Waals surface area contributed by atoms with Crippen molar-refractivity contribution < 1.29 is 9.53 Å². The summed E-state index contributed by atoms with van der Waals surface area (Å²) >= 11 is 0. The molecule has 2 rings (SSSR count). The number of rotatable bonds is 2. The summed E-state index contributed by atoms with van der Waals surface area (Å²) in [6.45, 7) is 9.77. The van der Waals surface area contributed by atoms with Gasteiger partial charge in [0.05, 0.1) is 0 Å². The fraction of sp³-hybridized carbons (Fsp3) is 0.800. The molecular weight excluding hydrogens is 212 g/mol. The van der Waals surface area contributed by atoms with E-state index in [1.165, 1.54) is 32.1 Å². The second kappa shape index (κ2) is 4.47. The van der Waals surface area contributed by atoms with Crippen LogP contribution in [0, 0.1) is 17.8 Å². The van der Waals surface area contributed by atoms with Crippen molar-refractivity contribution in [2.45, 2.75) is 58.5 Å². The summed E-state index contributed by atoms with van der Waals surface area (Å²) in [4.78, 5) is 11.8. The van der Waals surface area contributed by atoms with Crippen molar-refractivity contribution in [2.75, 3.05) is 0 Å². The van der Waals surface area contributed by atoms with Crippen molar-refractivity contribution >= 4 is 5.97 Å². The van der Waals surface area contributed by atoms with Gasteiger partial charge in [-0.15, -0.1) is 0 Å². The van der Waals surface area contributed by atoms with Crippen LogP contribution < -0.4 is 0 Å². The van der Waals surface area contributed by atoms with E-state index in [9.17, 15) is 4.79 Å². The van der Waals surface area contributed by atoms with Gasteiger partial charge >= 0.3 is 5.97 Å². The zero-order chi connectivity index (χ0) is 12.6. The standard InChI is InChI=1S/C15H24O2/c1-10(2)14(16)17-15(4)11(3)8-12-6-5-7-13(15)9-12/h11-13H,1,5-9H2,2-4H3. The monoisotopic (exact) mass is 236 g/mol. The van der Waals surface area contributed by atoms with Crippen molar-refractivity contribution in [2.24, 2.45) is 17.8 Å². The lowest BCUT2D eigenvalue weighted by Gasteiger charge is -2.50. The highest BCUT2D eigenvalue weighted by Gasteiger charge is 2.49. The van der Waals surface area contributed by atoms with E-state index in [2.05, 4.69) is 20.4 Å².